The molecule has 2 aromatic rings. The lowest BCUT2D eigenvalue weighted by atomic mass is 9.96. The number of amides is 1. The molecule has 23 heavy (non-hydrogen) atoms. The minimum Gasteiger partial charge on any atom is -0.365 e. The van der Waals surface area contributed by atoms with Crippen LogP contribution in [0, 0.1) is 0 Å². The Bertz CT molecular complexity index is 713. The van der Waals surface area contributed by atoms with Gasteiger partial charge in [0.05, 0.1) is 6.42 Å². The van der Waals surface area contributed by atoms with Crippen LogP contribution in [-0.4, -0.2) is 21.7 Å². The van der Waals surface area contributed by atoms with Crippen molar-refractivity contribution in [3.05, 3.63) is 71.8 Å². The van der Waals surface area contributed by atoms with Crippen LogP contribution in [0.3, 0.4) is 0 Å². The van der Waals surface area contributed by atoms with Crippen molar-refractivity contribution in [2.75, 3.05) is 0 Å². The van der Waals surface area contributed by atoms with Gasteiger partial charge in [-0.1, -0.05) is 67.6 Å². The normalized spacial score (nSPS) is 20.4. The van der Waals surface area contributed by atoms with E-state index in [1.54, 1.807) is 0 Å². The molecule has 1 atom stereocenters. The minimum atomic E-state index is -1.39. The van der Waals surface area contributed by atoms with Crippen molar-refractivity contribution < 1.29 is 9.90 Å². The van der Waals surface area contributed by atoms with Crippen LogP contribution in [0.4, 0.5) is 0 Å². The predicted octanol–water partition coefficient (Wildman–Crippen LogP) is 3.07. The third-order valence-electron chi connectivity index (χ3n) is 4.12. The van der Waals surface area contributed by atoms with Crippen LogP contribution < -0.4 is 0 Å². The van der Waals surface area contributed by atoms with E-state index in [1.165, 1.54) is 5.01 Å². The second-order valence-electron chi connectivity index (χ2n) is 5.75. The van der Waals surface area contributed by atoms with Crippen molar-refractivity contribution in [1.82, 2.24) is 5.01 Å². The molecule has 1 aliphatic rings. The molecule has 0 saturated heterocycles. The smallest absolute Gasteiger partial charge is 0.250 e. The molecule has 118 valence electrons. The number of hydrogen-bond acceptors (Lipinski definition) is 3. The summed E-state index contributed by atoms with van der Waals surface area (Å²) >= 11 is 0. The highest BCUT2D eigenvalue weighted by Gasteiger charge is 2.45. The standard InChI is InChI=1S/C19H20N2O2/c1-2-17-14-19(23,16-11-7-4-8-12-16)21(20-17)18(22)13-15-9-5-3-6-10-15/h3-12,23H,2,13-14H2,1H3. The van der Waals surface area contributed by atoms with Gasteiger partial charge in [0.1, 0.15) is 0 Å². The summed E-state index contributed by atoms with van der Waals surface area (Å²) in [6.45, 7) is 1.98. The minimum absolute atomic E-state index is 0.203. The van der Waals surface area contributed by atoms with Gasteiger partial charge in [0.2, 0.25) is 5.91 Å². The van der Waals surface area contributed by atoms with Crippen LogP contribution in [0.25, 0.3) is 0 Å². The molecule has 0 aromatic heterocycles. The van der Waals surface area contributed by atoms with Gasteiger partial charge in [0.15, 0.2) is 5.72 Å². The van der Waals surface area contributed by atoms with Gasteiger partial charge in [-0.25, -0.2) is 0 Å². The number of carbonyl (C=O) groups excluding carboxylic acids is 1. The molecule has 0 bridgehead atoms. The Morgan fingerprint density at radius 3 is 2.35 bits per heavy atom. The average Bonchev–Trinajstić information content (AvgIpc) is 2.95. The van der Waals surface area contributed by atoms with Gasteiger partial charge in [0, 0.05) is 17.7 Å². The molecule has 0 saturated carbocycles. The van der Waals surface area contributed by atoms with Gasteiger partial charge in [0.25, 0.3) is 0 Å². The number of hydrazone groups is 1. The first-order valence-electron chi connectivity index (χ1n) is 7.84. The Morgan fingerprint density at radius 1 is 1.13 bits per heavy atom. The average molecular weight is 308 g/mol. The monoisotopic (exact) mass is 308 g/mol. The van der Waals surface area contributed by atoms with E-state index in [9.17, 15) is 9.90 Å². The number of benzene rings is 2. The molecule has 1 N–H and O–H groups in total. The molecule has 2 aromatic carbocycles. The van der Waals surface area contributed by atoms with E-state index < -0.39 is 5.72 Å². The quantitative estimate of drug-likeness (QED) is 0.943. The highest BCUT2D eigenvalue weighted by molar-refractivity contribution is 5.91. The van der Waals surface area contributed by atoms with Crippen molar-refractivity contribution in [2.45, 2.75) is 31.9 Å². The number of rotatable bonds is 4. The molecular formula is C19H20N2O2. The van der Waals surface area contributed by atoms with Gasteiger partial charge in [-0.05, 0) is 12.0 Å². The summed E-state index contributed by atoms with van der Waals surface area (Å²) in [6.07, 6.45) is 1.29. The second-order valence-corrected chi connectivity index (χ2v) is 5.75. The maximum atomic E-state index is 12.7. The summed E-state index contributed by atoms with van der Waals surface area (Å²) in [7, 11) is 0. The highest BCUT2D eigenvalue weighted by Crippen LogP contribution is 2.36. The Morgan fingerprint density at radius 2 is 1.74 bits per heavy atom. The van der Waals surface area contributed by atoms with Crippen molar-refractivity contribution in [3.8, 4) is 0 Å². The zero-order chi connectivity index (χ0) is 16.3. The highest BCUT2D eigenvalue weighted by atomic mass is 16.3. The summed E-state index contributed by atoms with van der Waals surface area (Å²) in [5.41, 5.74) is 1.04. The van der Waals surface area contributed by atoms with E-state index in [4.69, 9.17) is 0 Å². The first-order valence-corrected chi connectivity index (χ1v) is 7.84. The molecule has 3 rings (SSSR count). The molecule has 1 amide bonds. The van der Waals surface area contributed by atoms with Crippen molar-refractivity contribution in [1.29, 1.82) is 0 Å². The van der Waals surface area contributed by atoms with Crippen LogP contribution >= 0.6 is 0 Å². The van der Waals surface area contributed by atoms with Crippen molar-refractivity contribution in [2.24, 2.45) is 5.10 Å². The van der Waals surface area contributed by atoms with Gasteiger partial charge >= 0.3 is 0 Å². The van der Waals surface area contributed by atoms with Crippen LogP contribution in [-0.2, 0) is 16.9 Å². The van der Waals surface area contributed by atoms with Gasteiger partial charge < -0.3 is 5.11 Å². The Balaban J connectivity index is 1.90. The van der Waals surface area contributed by atoms with Gasteiger partial charge in [-0.15, -0.1) is 0 Å². The molecule has 1 heterocycles. The lowest BCUT2D eigenvalue weighted by molar-refractivity contribution is -0.157. The Hall–Kier alpha value is -2.46. The lowest BCUT2D eigenvalue weighted by Crippen LogP contribution is -2.44. The van der Waals surface area contributed by atoms with E-state index >= 15 is 0 Å². The third-order valence-corrected chi connectivity index (χ3v) is 4.12. The molecular weight excluding hydrogens is 288 g/mol. The maximum Gasteiger partial charge on any atom is 0.250 e. The van der Waals surface area contributed by atoms with E-state index in [2.05, 4.69) is 5.10 Å². The molecule has 1 unspecified atom stereocenters. The van der Waals surface area contributed by atoms with Gasteiger partial charge in [-0.2, -0.15) is 10.1 Å². The molecule has 0 spiro atoms. The van der Waals surface area contributed by atoms with Gasteiger partial charge in [-0.3, -0.25) is 4.79 Å². The summed E-state index contributed by atoms with van der Waals surface area (Å²) < 4.78 is 0. The van der Waals surface area contributed by atoms with E-state index in [1.807, 2.05) is 67.6 Å². The van der Waals surface area contributed by atoms with E-state index in [-0.39, 0.29) is 12.3 Å². The molecule has 4 nitrogen and oxygen atoms in total. The summed E-state index contributed by atoms with van der Waals surface area (Å²) in [6, 6.07) is 18.8. The topological polar surface area (TPSA) is 52.9 Å². The predicted molar refractivity (Wildman–Crippen MR) is 89.7 cm³/mol. The third kappa shape index (κ3) is 3.03. The van der Waals surface area contributed by atoms with E-state index in [0.29, 0.717) is 18.4 Å². The molecule has 0 radical (unpaired) electrons. The van der Waals surface area contributed by atoms with Crippen LogP contribution in [0.5, 0.6) is 0 Å². The lowest BCUT2D eigenvalue weighted by Gasteiger charge is -2.31. The van der Waals surface area contributed by atoms with Crippen LogP contribution in [0.15, 0.2) is 65.8 Å². The fraction of sp³-hybridized carbons (Fsp3) is 0.263. The number of aliphatic hydroxyl groups is 1. The summed E-state index contributed by atoms with van der Waals surface area (Å²) in [4.78, 5) is 12.7. The Labute approximate surface area is 136 Å². The zero-order valence-corrected chi connectivity index (χ0v) is 13.1. The summed E-state index contributed by atoms with van der Waals surface area (Å²) in [5.74, 6) is -0.203. The van der Waals surface area contributed by atoms with Crippen molar-refractivity contribution in [3.63, 3.8) is 0 Å². The van der Waals surface area contributed by atoms with Crippen LogP contribution in [0.2, 0.25) is 0 Å². The van der Waals surface area contributed by atoms with Crippen molar-refractivity contribution >= 4 is 11.6 Å². The molecule has 0 fully saturated rings. The zero-order valence-electron chi connectivity index (χ0n) is 13.1. The number of carbonyl (C=O) groups is 1. The molecule has 0 aliphatic carbocycles. The molecule has 1 aliphatic heterocycles. The largest absolute Gasteiger partial charge is 0.365 e. The van der Waals surface area contributed by atoms with Crippen LogP contribution in [0.1, 0.15) is 30.9 Å². The first kappa shape index (κ1) is 15.4. The SMILES string of the molecule is CCC1=NN(C(=O)Cc2ccccc2)C(O)(c2ccccc2)C1. The van der Waals surface area contributed by atoms with E-state index in [0.717, 1.165) is 11.3 Å². The fourth-order valence-electron chi connectivity index (χ4n) is 2.85. The second kappa shape index (κ2) is 6.34. The summed E-state index contributed by atoms with van der Waals surface area (Å²) in [5, 5.41) is 16.8. The number of hydrogen-bond donors (Lipinski definition) is 1. The first-order chi connectivity index (χ1) is 11.1. The molecule has 4 heteroatoms. The fourth-order valence-corrected chi connectivity index (χ4v) is 2.85. The maximum absolute atomic E-state index is 12.7. The number of nitrogens with zero attached hydrogens (tertiary/aromatic N) is 2. The Kier molecular flexibility index (Phi) is 4.26.